The number of aromatic nitrogens is 3. The summed E-state index contributed by atoms with van der Waals surface area (Å²) < 4.78 is 1.47. The summed E-state index contributed by atoms with van der Waals surface area (Å²) in [7, 11) is 0. The predicted octanol–water partition coefficient (Wildman–Crippen LogP) is 3.85. The van der Waals surface area contributed by atoms with Gasteiger partial charge in [0.05, 0.1) is 25.0 Å². The van der Waals surface area contributed by atoms with Crippen molar-refractivity contribution in [3.63, 3.8) is 0 Å². The third kappa shape index (κ3) is 3.98. The lowest BCUT2D eigenvalue weighted by molar-refractivity contribution is -0.896. The Morgan fingerprint density at radius 2 is 1.73 bits per heavy atom. The second-order valence-electron chi connectivity index (χ2n) is 8.23. The van der Waals surface area contributed by atoms with E-state index >= 15 is 0 Å². The van der Waals surface area contributed by atoms with Gasteiger partial charge in [0.1, 0.15) is 4.83 Å². The van der Waals surface area contributed by atoms with E-state index in [1.807, 2.05) is 60.0 Å². The Morgan fingerprint density at radius 1 is 1.00 bits per heavy atom. The van der Waals surface area contributed by atoms with Crippen LogP contribution in [0, 0.1) is 0 Å². The molecule has 3 aromatic heterocycles. The average molecular weight is 459 g/mol. The first kappa shape index (κ1) is 21.6. The van der Waals surface area contributed by atoms with E-state index in [4.69, 9.17) is 10.1 Å². The van der Waals surface area contributed by atoms with Gasteiger partial charge in [0.25, 0.3) is 5.56 Å². The summed E-state index contributed by atoms with van der Waals surface area (Å²) in [4.78, 5) is 20.9. The molecule has 2 N–H and O–H groups in total. The normalized spacial score (nSPS) is 11.7. The maximum absolute atomic E-state index is 13.7. The van der Waals surface area contributed by atoms with Crippen LogP contribution in [0.5, 0.6) is 0 Å². The number of rotatable bonds is 8. The molecule has 0 aliphatic carbocycles. The largest absolute Gasteiger partial charge is 0.368 e. The van der Waals surface area contributed by atoms with E-state index in [1.165, 1.54) is 15.9 Å². The Balaban J connectivity index is 1.61. The molecule has 168 valence electrons. The first-order chi connectivity index (χ1) is 16.2. The predicted molar refractivity (Wildman–Crippen MR) is 138 cm³/mol. The summed E-state index contributed by atoms with van der Waals surface area (Å²) in [6.45, 7) is 8.63. The Labute approximate surface area is 196 Å². The lowest BCUT2D eigenvalue weighted by Gasteiger charge is -2.16. The first-order valence-corrected chi connectivity index (χ1v) is 12.4. The number of hydrogen-bond donors (Lipinski definition) is 2. The molecule has 0 aliphatic rings. The minimum atomic E-state index is -0.128. The van der Waals surface area contributed by atoms with Crippen molar-refractivity contribution in [2.24, 2.45) is 0 Å². The number of quaternary nitrogens is 1. The molecule has 0 radical (unpaired) electrons. The molecule has 0 saturated carbocycles. The van der Waals surface area contributed by atoms with Gasteiger partial charge in [0.2, 0.25) is 0 Å². The molecule has 7 heteroatoms. The number of fused-ring (bicyclic) bond motifs is 4. The highest BCUT2D eigenvalue weighted by molar-refractivity contribution is 7.17. The average Bonchev–Trinajstić information content (AvgIpc) is 3.29. The molecule has 33 heavy (non-hydrogen) atoms. The van der Waals surface area contributed by atoms with Gasteiger partial charge in [-0.3, -0.25) is 4.79 Å². The molecule has 2 aromatic carbocycles. The summed E-state index contributed by atoms with van der Waals surface area (Å²) >= 11 is 1.50. The zero-order valence-corrected chi connectivity index (χ0v) is 19.8. The summed E-state index contributed by atoms with van der Waals surface area (Å²) in [6, 6.07) is 18.0. The van der Waals surface area contributed by atoms with Crippen LogP contribution < -0.4 is 15.8 Å². The minimum Gasteiger partial charge on any atom is -0.368 e. The molecule has 6 nitrogen and oxygen atoms in total. The van der Waals surface area contributed by atoms with Crippen LogP contribution >= 0.6 is 11.3 Å². The standard InChI is InChI=1S/C26H27N5OS/c1-3-30(4-2)16-10-15-27-23-19-13-8-9-14-20(19)24-28-25-22(26(32)31(24)29-23)21(17-33-25)18-11-6-5-7-12-18/h5-9,11-14,17H,3-4,10,15-16H2,1-2H3,(H,27,29)/p+1. The van der Waals surface area contributed by atoms with Crippen LogP contribution in [0.3, 0.4) is 0 Å². The van der Waals surface area contributed by atoms with Gasteiger partial charge < -0.3 is 10.2 Å². The smallest absolute Gasteiger partial charge is 0.283 e. The van der Waals surface area contributed by atoms with Crippen LogP contribution in [0.25, 0.3) is 37.8 Å². The highest BCUT2D eigenvalue weighted by Gasteiger charge is 2.17. The van der Waals surface area contributed by atoms with E-state index in [-0.39, 0.29) is 5.56 Å². The Hall–Kier alpha value is -3.29. The van der Waals surface area contributed by atoms with Gasteiger partial charge >= 0.3 is 0 Å². The van der Waals surface area contributed by atoms with Crippen molar-refractivity contribution >= 4 is 43.8 Å². The Bertz CT molecular complexity index is 1470. The molecule has 0 atom stereocenters. The summed E-state index contributed by atoms with van der Waals surface area (Å²) in [5.41, 5.74) is 2.40. The van der Waals surface area contributed by atoms with E-state index in [1.54, 1.807) is 4.90 Å². The molecule has 5 rings (SSSR count). The van der Waals surface area contributed by atoms with Gasteiger partial charge in [-0.25, -0.2) is 4.98 Å². The molecule has 5 aromatic rings. The van der Waals surface area contributed by atoms with Crippen molar-refractivity contribution in [1.82, 2.24) is 14.6 Å². The third-order valence-electron chi connectivity index (χ3n) is 6.29. The van der Waals surface area contributed by atoms with Crippen LogP contribution in [0.4, 0.5) is 5.82 Å². The topological polar surface area (TPSA) is 63.7 Å². The quantitative estimate of drug-likeness (QED) is 0.274. The van der Waals surface area contributed by atoms with E-state index in [0.717, 1.165) is 65.1 Å². The summed E-state index contributed by atoms with van der Waals surface area (Å²) in [5, 5.41) is 12.8. The monoisotopic (exact) mass is 458 g/mol. The van der Waals surface area contributed by atoms with Crippen molar-refractivity contribution in [1.29, 1.82) is 0 Å². The molecule has 3 heterocycles. The second kappa shape index (κ2) is 9.29. The van der Waals surface area contributed by atoms with Crippen LogP contribution in [-0.2, 0) is 0 Å². The number of benzene rings is 2. The maximum atomic E-state index is 13.7. The number of anilines is 1. The van der Waals surface area contributed by atoms with Gasteiger partial charge in [0, 0.05) is 34.7 Å². The molecular weight excluding hydrogens is 430 g/mol. The van der Waals surface area contributed by atoms with Crippen molar-refractivity contribution in [3.05, 3.63) is 70.3 Å². The lowest BCUT2D eigenvalue weighted by Crippen LogP contribution is -3.11. The van der Waals surface area contributed by atoms with E-state index in [0.29, 0.717) is 11.0 Å². The highest BCUT2D eigenvalue weighted by Crippen LogP contribution is 2.32. The SMILES string of the molecule is CC[NH+](CC)CCCNc1nn2c(=O)c3c(-c4ccccc4)csc3nc2c2ccccc12. The van der Waals surface area contributed by atoms with Crippen molar-refractivity contribution in [2.45, 2.75) is 20.3 Å². The van der Waals surface area contributed by atoms with Crippen LogP contribution in [0.15, 0.2) is 64.8 Å². The Morgan fingerprint density at radius 3 is 2.48 bits per heavy atom. The first-order valence-electron chi connectivity index (χ1n) is 11.6. The number of nitrogens with one attached hydrogen (secondary N) is 2. The number of thiophene rings is 1. The molecule has 0 unspecified atom stereocenters. The fraction of sp³-hybridized carbons (Fsp3) is 0.269. The minimum absolute atomic E-state index is 0.128. The molecule has 0 spiro atoms. The second-order valence-corrected chi connectivity index (χ2v) is 9.09. The van der Waals surface area contributed by atoms with Gasteiger partial charge in [0.15, 0.2) is 11.5 Å². The van der Waals surface area contributed by atoms with Gasteiger partial charge in [-0.1, -0.05) is 54.6 Å². The zero-order valence-electron chi connectivity index (χ0n) is 19.0. The molecule has 0 fully saturated rings. The van der Waals surface area contributed by atoms with Gasteiger partial charge in [-0.2, -0.15) is 4.52 Å². The van der Waals surface area contributed by atoms with Gasteiger partial charge in [-0.05, 0) is 19.4 Å². The van der Waals surface area contributed by atoms with E-state index < -0.39 is 0 Å². The fourth-order valence-electron chi connectivity index (χ4n) is 4.40. The molecule has 0 bridgehead atoms. The van der Waals surface area contributed by atoms with Crippen LogP contribution in [0.2, 0.25) is 0 Å². The highest BCUT2D eigenvalue weighted by atomic mass is 32.1. The molecule has 0 amide bonds. The van der Waals surface area contributed by atoms with E-state index in [9.17, 15) is 4.79 Å². The molecular formula is C26H28N5OS+. The van der Waals surface area contributed by atoms with Crippen molar-refractivity contribution in [3.8, 4) is 11.1 Å². The van der Waals surface area contributed by atoms with Crippen molar-refractivity contribution in [2.75, 3.05) is 31.5 Å². The van der Waals surface area contributed by atoms with Gasteiger partial charge in [-0.15, -0.1) is 16.4 Å². The van der Waals surface area contributed by atoms with Crippen LogP contribution in [0.1, 0.15) is 20.3 Å². The lowest BCUT2D eigenvalue weighted by atomic mass is 10.1. The summed E-state index contributed by atoms with van der Waals surface area (Å²) in [5.74, 6) is 0.729. The van der Waals surface area contributed by atoms with E-state index in [2.05, 4.69) is 19.2 Å². The Kier molecular flexibility index (Phi) is 6.07. The number of nitrogens with zero attached hydrogens (tertiary/aromatic N) is 3. The summed E-state index contributed by atoms with van der Waals surface area (Å²) in [6.07, 6.45) is 1.04. The molecule has 0 saturated heterocycles. The zero-order chi connectivity index (χ0) is 22.8. The third-order valence-corrected chi connectivity index (χ3v) is 7.17. The number of hydrogen-bond acceptors (Lipinski definition) is 5. The van der Waals surface area contributed by atoms with Crippen LogP contribution in [-0.4, -0.2) is 40.8 Å². The fourth-order valence-corrected chi connectivity index (χ4v) is 5.34. The maximum Gasteiger partial charge on any atom is 0.283 e. The van der Waals surface area contributed by atoms with Crippen molar-refractivity contribution < 1.29 is 4.90 Å². The molecule has 0 aliphatic heterocycles.